The molecular formula is C40H38N4O. The van der Waals surface area contributed by atoms with Gasteiger partial charge in [0.15, 0.2) is 0 Å². The van der Waals surface area contributed by atoms with Crippen molar-refractivity contribution in [1.82, 2.24) is 19.3 Å². The molecule has 4 aromatic carbocycles. The van der Waals surface area contributed by atoms with E-state index in [0.717, 1.165) is 52.6 Å². The van der Waals surface area contributed by atoms with Crippen molar-refractivity contribution >= 4 is 21.8 Å². The SMILES string of the molecule is CCc1nn(-c2cccc(Oc3ccc4c5ccccc5n(-c5cc(C)ccn5)c4c3)c2)c(C(C)(C)CC)c1-c1ccccc1. The predicted octanol–water partition coefficient (Wildman–Crippen LogP) is 10.4. The van der Waals surface area contributed by atoms with Crippen LogP contribution in [0, 0.1) is 6.92 Å². The Morgan fingerprint density at radius 3 is 2.27 bits per heavy atom. The molecule has 0 fully saturated rings. The van der Waals surface area contributed by atoms with Crippen LogP contribution in [0.3, 0.4) is 0 Å². The molecule has 0 bridgehead atoms. The smallest absolute Gasteiger partial charge is 0.137 e. The maximum atomic E-state index is 6.58. The highest BCUT2D eigenvalue weighted by Crippen LogP contribution is 2.40. The van der Waals surface area contributed by atoms with Gasteiger partial charge in [-0.3, -0.25) is 4.57 Å². The Morgan fingerprint density at radius 2 is 1.49 bits per heavy atom. The summed E-state index contributed by atoms with van der Waals surface area (Å²) < 4.78 is 10.9. The van der Waals surface area contributed by atoms with Gasteiger partial charge in [-0.05, 0) is 73.4 Å². The van der Waals surface area contributed by atoms with Crippen LogP contribution in [0.25, 0.3) is 44.4 Å². The molecule has 0 spiro atoms. The molecule has 0 aliphatic rings. The van der Waals surface area contributed by atoms with Crippen LogP contribution in [0.2, 0.25) is 0 Å². The average Bonchev–Trinajstić information content (AvgIpc) is 3.62. The summed E-state index contributed by atoms with van der Waals surface area (Å²) in [5, 5.41) is 7.56. The Kier molecular flexibility index (Phi) is 7.25. The number of hydrogen-bond acceptors (Lipinski definition) is 3. The van der Waals surface area contributed by atoms with Crippen molar-refractivity contribution in [3.63, 3.8) is 0 Å². The first kappa shape index (κ1) is 28.6. The lowest BCUT2D eigenvalue weighted by atomic mass is 9.81. The van der Waals surface area contributed by atoms with Gasteiger partial charge in [-0.1, -0.05) is 82.3 Å². The number of para-hydroxylation sites is 1. The van der Waals surface area contributed by atoms with E-state index in [2.05, 4.69) is 141 Å². The number of hydrogen-bond donors (Lipinski definition) is 0. The van der Waals surface area contributed by atoms with Gasteiger partial charge < -0.3 is 4.74 Å². The molecule has 7 aromatic rings. The zero-order chi connectivity index (χ0) is 31.1. The summed E-state index contributed by atoms with van der Waals surface area (Å²) in [6, 6.07) is 37.9. The fourth-order valence-electron chi connectivity index (χ4n) is 6.32. The Morgan fingerprint density at radius 1 is 0.733 bits per heavy atom. The molecule has 3 heterocycles. The van der Waals surface area contributed by atoms with Crippen LogP contribution in [0.5, 0.6) is 11.5 Å². The Bertz CT molecular complexity index is 2150. The Labute approximate surface area is 264 Å². The van der Waals surface area contributed by atoms with Crippen molar-refractivity contribution in [1.29, 1.82) is 0 Å². The van der Waals surface area contributed by atoms with Gasteiger partial charge >= 0.3 is 0 Å². The molecule has 224 valence electrons. The van der Waals surface area contributed by atoms with Gasteiger partial charge in [-0.2, -0.15) is 5.10 Å². The standard InChI is InChI=1S/C40H38N4O/c1-6-34-38(28-14-9-8-10-15-28)39(40(4,5)7-2)44(42-34)29-16-13-17-30(25-29)45-31-20-21-33-32-18-11-12-19-35(32)43(36(33)26-31)37-24-27(3)22-23-41-37/h8-26H,6-7H2,1-5H3. The minimum atomic E-state index is -0.0925. The van der Waals surface area contributed by atoms with E-state index in [9.17, 15) is 0 Å². The molecule has 0 aliphatic carbocycles. The Balaban J connectivity index is 1.33. The molecule has 3 aromatic heterocycles. The number of aromatic nitrogens is 4. The van der Waals surface area contributed by atoms with Gasteiger partial charge in [0.05, 0.1) is 28.1 Å². The summed E-state index contributed by atoms with van der Waals surface area (Å²) in [7, 11) is 0. The number of nitrogens with zero attached hydrogens (tertiary/aromatic N) is 4. The van der Waals surface area contributed by atoms with Gasteiger partial charge in [0.25, 0.3) is 0 Å². The third-order valence-corrected chi connectivity index (χ3v) is 8.95. The van der Waals surface area contributed by atoms with Crippen molar-refractivity contribution in [3.8, 4) is 34.1 Å². The summed E-state index contributed by atoms with van der Waals surface area (Å²) in [4.78, 5) is 4.73. The summed E-state index contributed by atoms with van der Waals surface area (Å²) in [6.45, 7) is 11.1. The molecule has 0 saturated carbocycles. The van der Waals surface area contributed by atoms with Crippen LogP contribution in [0.1, 0.15) is 51.1 Å². The van der Waals surface area contributed by atoms with Crippen LogP contribution < -0.4 is 4.74 Å². The first-order chi connectivity index (χ1) is 21.9. The molecule has 45 heavy (non-hydrogen) atoms. The minimum absolute atomic E-state index is 0.0925. The lowest BCUT2D eigenvalue weighted by Crippen LogP contribution is -2.21. The lowest BCUT2D eigenvalue weighted by molar-refractivity contribution is 0.471. The highest BCUT2D eigenvalue weighted by Gasteiger charge is 2.31. The van der Waals surface area contributed by atoms with Gasteiger partial charge in [0.1, 0.15) is 17.3 Å². The second kappa shape index (κ2) is 11.4. The zero-order valence-corrected chi connectivity index (χ0v) is 26.6. The lowest BCUT2D eigenvalue weighted by Gasteiger charge is -2.26. The first-order valence-corrected chi connectivity index (χ1v) is 15.8. The number of benzene rings is 4. The highest BCUT2D eigenvalue weighted by molar-refractivity contribution is 6.09. The highest BCUT2D eigenvalue weighted by atomic mass is 16.5. The summed E-state index contributed by atoms with van der Waals surface area (Å²) in [5.74, 6) is 2.43. The van der Waals surface area contributed by atoms with Crippen molar-refractivity contribution in [2.75, 3.05) is 0 Å². The minimum Gasteiger partial charge on any atom is -0.457 e. The van der Waals surface area contributed by atoms with E-state index in [4.69, 9.17) is 14.8 Å². The van der Waals surface area contributed by atoms with Crippen LogP contribution in [0.15, 0.2) is 115 Å². The monoisotopic (exact) mass is 590 g/mol. The largest absolute Gasteiger partial charge is 0.457 e. The van der Waals surface area contributed by atoms with Crippen LogP contribution in [0.4, 0.5) is 0 Å². The molecule has 0 atom stereocenters. The second-order valence-corrected chi connectivity index (χ2v) is 12.4. The molecule has 5 nitrogen and oxygen atoms in total. The maximum Gasteiger partial charge on any atom is 0.137 e. The molecule has 5 heteroatoms. The molecule has 0 amide bonds. The van der Waals surface area contributed by atoms with Gasteiger partial charge in [0.2, 0.25) is 0 Å². The molecule has 7 rings (SSSR count). The summed E-state index contributed by atoms with van der Waals surface area (Å²) in [5.41, 5.74) is 9.01. The zero-order valence-electron chi connectivity index (χ0n) is 26.6. The molecule has 0 unspecified atom stereocenters. The van der Waals surface area contributed by atoms with Crippen molar-refractivity contribution in [2.45, 2.75) is 52.9 Å². The van der Waals surface area contributed by atoms with E-state index >= 15 is 0 Å². The van der Waals surface area contributed by atoms with E-state index in [1.165, 1.54) is 33.2 Å². The normalized spacial score (nSPS) is 11.8. The fourth-order valence-corrected chi connectivity index (χ4v) is 6.32. The molecule has 0 radical (unpaired) electrons. The van der Waals surface area contributed by atoms with E-state index in [1.807, 2.05) is 18.3 Å². The fraction of sp³-hybridized carbons (Fsp3) is 0.200. The maximum absolute atomic E-state index is 6.58. The third-order valence-electron chi connectivity index (χ3n) is 8.95. The summed E-state index contributed by atoms with van der Waals surface area (Å²) >= 11 is 0. The van der Waals surface area contributed by atoms with Crippen molar-refractivity contribution in [2.24, 2.45) is 0 Å². The quantitative estimate of drug-likeness (QED) is 0.177. The van der Waals surface area contributed by atoms with Gasteiger partial charge in [-0.25, -0.2) is 9.67 Å². The molecular weight excluding hydrogens is 552 g/mol. The molecule has 0 aliphatic heterocycles. The van der Waals surface area contributed by atoms with Gasteiger partial charge in [-0.15, -0.1) is 0 Å². The predicted molar refractivity (Wildman–Crippen MR) is 185 cm³/mol. The van der Waals surface area contributed by atoms with Crippen molar-refractivity contribution < 1.29 is 4.74 Å². The van der Waals surface area contributed by atoms with Crippen LogP contribution >= 0.6 is 0 Å². The van der Waals surface area contributed by atoms with Crippen LogP contribution in [-0.2, 0) is 11.8 Å². The second-order valence-electron chi connectivity index (χ2n) is 12.4. The summed E-state index contributed by atoms with van der Waals surface area (Å²) in [6.07, 6.45) is 3.71. The van der Waals surface area contributed by atoms with E-state index in [-0.39, 0.29) is 5.41 Å². The topological polar surface area (TPSA) is 44.9 Å². The van der Waals surface area contributed by atoms with Crippen molar-refractivity contribution in [3.05, 3.63) is 132 Å². The number of aryl methyl sites for hydroxylation is 2. The van der Waals surface area contributed by atoms with E-state index in [0.29, 0.717) is 0 Å². The number of fused-ring (bicyclic) bond motifs is 3. The third kappa shape index (κ3) is 5.08. The number of ether oxygens (including phenoxy) is 1. The number of rotatable bonds is 8. The average molecular weight is 591 g/mol. The molecule has 0 N–H and O–H groups in total. The van der Waals surface area contributed by atoms with Gasteiger partial charge in [0, 0.05) is 40.1 Å². The van der Waals surface area contributed by atoms with E-state index in [1.54, 1.807) is 0 Å². The molecule has 0 saturated heterocycles. The number of pyridine rings is 1. The Hall–Kier alpha value is -5.16. The van der Waals surface area contributed by atoms with Crippen LogP contribution in [-0.4, -0.2) is 19.3 Å². The first-order valence-electron chi connectivity index (χ1n) is 15.8. The van der Waals surface area contributed by atoms with E-state index < -0.39 is 0 Å².